The molecule has 0 aliphatic heterocycles. The van der Waals surface area contributed by atoms with E-state index in [-0.39, 0.29) is 5.56 Å². The third-order valence-electron chi connectivity index (χ3n) is 2.39. The minimum Gasteiger partial charge on any atom is -0.315 e. The number of benzene rings is 1. The molecule has 0 aliphatic rings. The third kappa shape index (κ3) is 2.72. The number of H-pyrrole nitrogens is 1. The van der Waals surface area contributed by atoms with Gasteiger partial charge in [-0.15, -0.1) is 0 Å². The zero-order chi connectivity index (χ0) is 12.3. The van der Waals surface area contributed by atoms with Crippen LogP contribution in [0.1, 0.15) is 5.56 Å². The van der Waals surface area contributed by atoms with Gasteiger partial charge in [0.25, 0.3) is 5.56 Å². The molecule has 2 aromatic rings. The van der Waals surface area contributed by atoms with E-state index in [0.29, 0.717) is 17.1 Å². The van der Waals surface area contributed by atoms with Crippen LogP contribution in [0.4, 0.5) is 0 Å². The van der Waals surface area contributed by atoms with E-state index in [4.69, 9.17) is 11.6 Å². The fourth-order valence-electron chi connectivity index (χ4n) is 1.54. The van der Waals surface area contributed by atoms with Crippen molar-refractivity contribution in [1.29, 1.82) is 0 Å². The molecule has 0 saturated carbocycles. The predicted octanol–water partition coefficient (Wildman–Crippen LogP) is 1.81. The second-order valence-electron chi connectivity index (χ2n) is 3.64. The van der Waals surface area contributed by atoms with Gasteiger partial charge in [-0.2, -0.15) is 5.10 Å². The molecule has 0 saturated heterocycles. The summed E-state index contributed by atoms with van der Waals surface area (Å²) >= 11 is 5.82. The van der Waals surface area contributed by atoms with Crippen LogP contribution in [-0.2, 0) is 6.54 Å². The number of aromatic amines is 1. The van der Waals surface area contributed by atoms with Crippen LogP contribution in [-0.4, -0.2) is 17.2 Å². The summed E-state index contributed by atoms with van der Waals surface area (Å²) in [6.45, 7) is 0.512. The van der Waals surface area contributed by atoms with Crippen molar-refractivity contribution in [2.75, 3.05) is 7.05 Å². The van der Waals surface area contributed by atoms with Crippen LogP contribution in [0.25, 0.3) is 11.3 Å². The maximum Gasteiger partial charge on any atom is 0.268 e. The zero-order valence-corrected chi connectivity index (χ0v) is 10.1. The summed E-state index contributed by atoms with van der Waals surface area (Å²) in [7, 11) is 1.79. The summed E-state index contributed by atoms with van der Waals surface area (Å²) in [5, 5.41) is 10.1. The van der Waals surface area contributed by atoms with Crippen molar-refractivity contribution in [1.82, 2.24) is 15.5 Å². The average Bonchev–Trinajstić information content (AvgIpc) is 2.33. The summed E-state index contributed by atoms with van der Waals surface area (Å²) in [5.41, 5.74) is 2.14. The molecule has 88 valence electrons. The zero-order valence-electron chi connectivity index (χ0n) is 9.33. The van der Waals surface area contributed by atoms with Crippen LogP contribution in [0.15, 0.2) is 35.1 Å². The molecule has 0 amide bonds. The van der Waals surface area contributed by atoms with Gasteiger partial charge in [-0.05, 0) is 25.2 Å². The Morgan fingerprint density at radius 2 is 2.06 bits per heavy atom. The quantitative estimate of drug-likeness (QED) is 0.872. The lowest BCUT2D eigenvalue weighted by Gasteiger charge is -2.03. The van der Waals surface area contributed by atoms with Crippen molar-refractivity contribution in [2.24, 2.45) is 0 Å². The Labute approximate surface area is 104 Å². The lowest BCUT2D eigenvalue weighted by Crippen LogP contribution is -2.19. The fraction of sp³-hybridized carbons (Fsp3) is 0.167. The molecule has 17 heavy (non-hydrogen) atoms. The normalized spacial score (nSPS) is 10.5. The summed E-state index contributed by atoms with van der Waals surface area (Å²) in [5.74, 6) is 0. The molecule has 1 aromatic heterocycles. The third-order valence-corrected chi connectivity index (χ3v) is 2.64. The fourth-order valence-corrected chi connectivity index (χ4v) is 1.66. The van der Waals surface area contributed by atoms with E-state index >= 15 is 0 Å². The minimum atomic E-state index is -0.169. The van der Waals surface area contributed by atoms with Crippen molar-refractivity contribution in [2.45, 2.75) is 6.54 Å². The SMILES string of the molecule is CNCc1cc(-c2ccc(Cl)cc2)n[nH]c1=O. The Hall–Kier alpha value is -1.65. The van der Waals surface area contributed by atoms with Gasteiger partial charge in [-0.1, -0.05) is 23.7 Å². The Morgan fingerprint density at radius 1 is 1.35 bits per heavy atom. The van der Waals surface area contributed by atoms with Gasteiger partial charge in [-0.3, -0.25) is 4.79 Å². The van der Waals surface area contributed by atoms with Crippen LogP contribution >= 0.6 is 11.6 Å². The molecule has 0 radical (unpaired) electrons. The van der Waals surface area contributed by atoms with E-state index in [2.05, 4.69) is 15.5 Å². The molecule has 2 N–H and O–H groups in total. The number of halogens is 1. The first-order valence-electron chi connectivity index (χ1n) is 5.20. The van der Waals surface area contributed by atoms with Gasteiger partial charge >= 0.3 is 0 Å². The second kappa shape index (κ2) is 5.12. The first kappa shape index (κ1) is 11.8. The number of hydrogen-bond acceptors (Lipinski definition) is 3. The van der Waals surface area contributed by atoms with Gasteiger partial charge in [0, 0.05) is 22.7 Å². The van der Waals surface area contributed by atoms with Crippen LogP contribution in [0, 0.1) is 0 Å². The molecular weight excluding hydrogens is 238 g/mol. The first-order chi connectivity index (χ1) is 8.20. The first-order valence-corrected chi connectivity index (χ1v) is 5.57. The van der Waals surface area contributed by atoms with Crippen LogP contribution < -0.4 is 10.9 Å². The van der Waals surface area contributed by atoms with E-state index in [0.717, 1.165) is 11.3 Å². The molecule has 0 bridgehead atoms. The van der Waals surface area contributed by atoms with E-state index in [1.807, 2.05) is 12.1 Å². The number of aromatic nitrogens is 2. The van der Waals surface area contributed by atoms with Crippen LogP contribution in [0.3, 0.4) is 0 Å². The Morgan fingerprint density at radius 3 is 2.71 bits per heavy atom. The monoisotopic (exact) mass is 249 g/mol. The highest BCUT2D eigenvalue weighted by molar-refractivity contribution is 6.30. The minimum absolute atomic E-state index is 0.169. The highest BCUT2D eigenvalue weighted by atomic mass is 35.5. The molecule has 1 heterocycles. The molecule has 0 aliphatic carbocycles. The maximum absolute atomic E-state index is 11.5. The molecule has 0 spiro atoms. The van der Waals surface area contributed by atoms with Crippen LogP contribution in [0.2, 0.25) is 5.02 Å². The average molecular weight is 250 g/mol. The van der Waals surface area contributed by atoms with Gasteiger partial charge in [0.05, 0.1) is 5.69 Å². The molecule has 1 aromatic carbocycles. The van der Waals surface area contributed by atoms with Crippen molar-refractivity contribution < 1.29 is 0 Å². The van der Waals surface area contributed by atoms with Crippen molar-refractivity contribution in [3.8, 4) is 11.3 Å². The number of rotatable bonds is 3. The maximum atomic E-state index is 11.5. The van der Waals surface area contributed by atoms with E-state index in [9.17, 15) is 4.79 Å². The topological polar surface area (TPSA) is 57.8 Å². The Kier molecular flexibility index (Phi) is 3.56. The molecule has 0 fully saturated rings. The Bertz CT molecular complexity index is 563. The van der Waals surface area contributed by atoms with Crippen molar-refractivity contribution in [3.63, 3.8) is 0 Å². The molecule has 0 unspecified atom stereocenters. The Balaban J connectivity index is 2.42. The number of nitrogens with zero attached hydrogens (tertiary/aromatic N) is 1. The lowest BCUT2D eigenvalue weighted by atomic mass is 10.1. The number of hydrogen-bond donors (Lipinski definition) is 2. The second-order valence-corrected chi connectivity index (χ2v) is 4.08. The summed E-state index contributed by atoms with van der Waals surface area (Å²) in [6.07, 6.45) is 0. The summed E-state index contributed by atoms with van der Waals surface area (Å²) < 4.78 is 0. The van der Waals surface area contributed by atoms with Gasteiger partial charge in [0.1, 0.15) is 0 Å². The van der Waals surface area contributed by atoms with Crippen LogP contribution in [0.5, 0.6) is 0 Å². The van der Waals surface area contributed by atoms with Gasteiger partial charge in [0.15, 0.2) is 0 Å². The molecule has 0 atom stereocenters. The molecular formula is C12H12ClN3O. The van der Waals surface area contributed by atoms with Gasteiger partial charge in [-0.25, -0.2) is 5.10 Å². The predicted molar refractivity (Wildman–Crippen MR) is 68.1 cm³/mol. The molecule has 5 heteroatoms. The van der Waals surface area contributed by atoms with E-state index < -0.39 is 0 Å². The summed E-state index contributed by atoms with van der Waals surface area (Å²) in [4.78, 5) is 11.5. The highest BCUT2D eigenvalue weighted by Gasteiger charge is 2.04. The van der Waals surface area contributed by atoms with Gasteiger partial charge in [0.2, 0.25) is 0 Å². The van der Waals surface area contributed by atoms with E-state index in [1.54, 1.807) is 25.2 Å². The molecule has 2 rings (SSSR count). The summed E-state index contributed by atoms with van der Waals surface area (Å²) in [6, 6.07) is 9.10. The standard InChI is InChI=1S/C12H12ClN3O/c1-14-7-9-6-11(15-16-12(9)17)8-2-4-10(13)5-3-8/h2-6,14H,7H2,1H3,(H,16,17). The van der Waals surface area contributed by atoms with Gasteiger partial charge < -0.3 is 5.32 Å². The smallest absolute Gasteiger partial charge is 0.268 e. The number of nitrogens with one attached hydrogen (secondary N) is 2. The molecule has 4 nitrogen and oxygen atoms in total. The van der Waals surface area contributed by atoms with Crippen molar-refractivity contribution >= 4 is 11.6 Å². The van der Waals surface area contributed by atoms with Crippen molar-refractivity contribution in [3.05, 3.63) is 51.3 Å². The largest absolute Gasteiger partial charge is 0.315 e. The van der Waals surface area contributed by atoms with E-state index in [1.165, 1.54) is 0 Å². The highest BCUT2D eigenvalue weighted by Crippen LogP contribution is 2.18. The lowest BCUT2D eigenvalue weighted by molar-refractivity contribution is 0.794.